The van der Waals surface area contributed by atoms with Gasteiger partial charge in [0.2, 0.25) is 15.9 Å². The molecule has 2 aliphatic rings. The molecule has 28 heavy (non-hydrogen) atoms. The van der Waals surface area contributed by atoms with E-state index in [-0.39, 0.29) is 5.91 Å². The minimum atomic E-state index is -3.43. The van der Waals surface area contributed by atoms with Crippen LogP contribution in [-0.4, -0.2) is 38.3 Å². The standard InChI is InChI=1S/C22H26N2O3S/c1-17-7-2-3-8-18(17)16-22(25)24-14-6-9-19-15-20(10-11-21(19)24)28(26,27)23-12-4-5-13-23/h2-3,7-8,10-11,15H,4-6,9,12-14,16H2,1H3. The van der Waals surface area contributed by atoms with Crippen LogP contribution in [-0.2, 0) is 27.7 Å². The molecular formula is C22H26N2O3S. The average Bonchev–Trinajstić information content (AvgIpc) is 3.24. The Bertz CT molecular complexity index is 995. The summed E-state index contributed by atoms with van der Waals surface area (Å²) in [4.78, 5) is 15.1. The van der Waals surface area contributed by atoms with Crippen molar-refractivity contribution in [2.24, 2.45) is 0 Å². The molecule has 2 aliphatic heterocycles. The highest BCUT2D eigenvalue weighted by molar-refractivity contribution is 7.89. The van der Waals surface area contributed by atoms with Crippen LogP contribution in [0.2, 0.25) is 0 Å². The first-order valence-corrected chi connectivity index (χ1v) is 11.4. The number of sulfonamides is 1. The van der Waals surface area contributed by atoms with Crippen LogP contribution >= 0.6 is 0 Å². The number of benzene rings is 2. The summed E-state index contributed by atoms with van der Waals surface area (Å²) in [5.74, 6) is 0.0606. The van der Waals surface area contributed by atoms with Crippen molar-refractivity contribution in [3.05, 3.63) is 59.2 Å². The number of hydrogen-bond donors (Lipinski definition) is 0. The molecule has 0 spiro atoms. The number of carbonyl (C=O) groups is 1. The highest BCUT2D eigenvalue weighted by Gasteiger charge is 2.29. The second kappa shape index (κ2) is 7.68. The molecule has 0 aliphatic carbocycles. The topological polar surface area (TPSA) is 57.7 Å². The molecule has 0 saturated carbocycles. The number of aryl methyl sites for hydroxylation is 2. The Hall–Kier alpha value is -2.18. The fourth-order valence-corrected chi connectivity index (χ4v) is 5.71. The smallest absolute Gasteiger partial charge is 0.243 e. The third-order valence-corrected chi connectivity index (χ3v) is 7.67. The van der Waals surface area contributed by atoms with Crippen molar-refractivity contribution in [1.29, 1.82) is 0 Å². The lowest BCUT2D eigenvalue weighted by molar-refractivity contribution is -0.118. The maximum absolute atomic E-state index is 13.0. The first kappa shape index (κ1) is 19.2. The van der Waals surface area contributed by atoms with E-state index in [1.165, 1.54) is 0 Å². The molecule has 0 bridgehead atoms. The molecule has 4 rings (SSSR count). The summed E-state index contributed by atoms with van der Waals surface area (Å²) in [6.07, 6.45) is 3.85. The van der Waals surface area contributed by atoms with Crippen molar-refractivity contribution in [2.75, 3.05) is 24.5 Å². The Morgan fingerprint density at radius 3 is 2.50 bits per heavy atom. The van der Waals surface area contributed by atoms with Gasteiger partial charge in [0.25, 0.3) is 0 Å². The van der Waals surface area contributed by atoms with E-state index in [0.717, 1.165) is 48.1 Å². The summed E-state index contributed by atoms with van der Waals surface area (Å²) in [6.45, 7) is 3.89. The van der Waals surface area contributed by atoms with Gasteiger partial charge in [0.1, 0.15) is 0 Å². The number of carbonyl (C=O) groups excluding carboxylic acids is 1. The van der Waals surface area contributed by atoms with Crippen molar-refractivity contribution in [3.8, 4) is 0 Å². The maximum Gasteiger partial charge on any atom is 0.243 e. The van der Waals surface area contributed by atoms with Gasteiger partial charge in [0.05, 0.1) is 11.3 Å². The van der Waals surface area contributed by atoms with Gasteiger partial charge < -0.3 is 4.90 Å². The Morgan fingerprint density at radius 1 is 1.00 bits per heavy atom. The highest BCUT2D eigenvalue weighted by Crippen LogP contribution is 2.31. The van der Waals surface area contributed by atoms with Gasteiger partial charge in [-0.3, -0.25) is 4.79 Å². The van der Waals surface area contributed by atoms with Gasteiger partial charge in [-0.15, -0.1) is 0 Å². The first-order chi connectivity index (χ1) is 13.5. The molecule has 5 nitrogen and oxygen atoms in total. The van der Waals surface area contributed by atoms with Crippen molar-refractivity contribution in [2.45, 2.75) is 43.9 Å². The molecule has 2 aromatic carbocycles. The zero-order chi connectivity index (χ0) is 19.7. The monoisotopic (exact) mass is 398 g/mol. The summed E-state index contributed by atoms with van der Waals surface area (Å²) in [6, 6.07) is 13.2. The highest BCUT2D eigenvalue weighted by atomic mass is 32.2. The molecule has 6 heteroatoms. The van der Waals surface area contributed by atoms with Crippen molar-refractivity contribution < 1.29 is 13.2 Å². The second-order valence-corrected chi connectivity index (χ2v) is 9.59. The summed E-state index contributed by atoms with van der Waals surface area (Å²) in [5, 5.41) is 0. The van der Waals surface area contributed by atoms with Gasteiger partial charge >= 0.3 is 0 Å². The van der Waals surface area contributed by atoms with E-state index in [2.05, 4.69) is 0 Å². The summed E-state index contributed by atoms with van der Waals surface area (Å²) in [5.41, 5.74) is 3.95. The van der Waals surface area contributed by atoms with E-state index in [1.54, 1.807) is 16.4 Å². The molecule has 148 valence electrons. The lowest BCUT2D eigenvalue weighted by atomic mass is 10.00. The lowest BCUT2D eigenvalue weighted by Crippen LogP contribution is -2.37. The van der Waals surface area contributed by atoms with E-state index >= 15 is 0 Å². The minimum absolute atomic E-state index is 0.0606. The largest absolute Gasteiger partial charge is 0.312 e. The maximum atomic E-state index is 13.0. The van der Waals surface area contributed by atoms with Crippen molar-refractivity contribution in [1.82, 2.24) is 4.31 Å². The molecule has 2 heterocycles. The van der Waals surface area contributed by atoms with Gasteiger partial charge in [0.15, 0.2) is 0 Å². The van der Waals surface area contributed by atoms with E-state index in [1.807, 2.05) is 42.2 Å². The normalized spacial score (nSPS) is 17.5. The third kappa shape index (κ3) is 3.59. The van der Waals surface area contributed by atoms with Gasteiger partial charge in [-0.2, -0.15) is 4.31 Å². The minimum Gasteiger partial charge on any atom is -0.312 e. The number of fused-ring (bicyclic) bond motifs is 1. The Labute approximate surface area is 167 Å². The van der Waals surface area contributed by atoms with Crippen LogP contribution in [0.1, 0.15) is 36.0 Å². The van der Waals surface area contributed by atoms with Crippen LogP contribution < -0.4 is 4.90 Å². The molecule has 2 aromatic rings. The van der Waals surface area contributed by atoms with Crippen LogP contribution in [0.3, 0.4) is 0 Å². The first-order valence-electron chi connectivity index (χ1n) is 9.95. The molecule has 1 fully saturated rings. The van der Waals surface area contributed by atoms with Gasteiger partial charge in [-0.05, 0) is 67.5 Å². The SMILES string of the molecule is Cc1ccccc1CC(=O)N1CCCc2cc(S(=O)(=O)N3CCCC3)ccc21. The van der Waals surface area contributed by atoms with Crippen LogP contribution in [0.25, 0.3) is 0 Å². The third-order valence-electron chi connectivity index (χ3n) is 5.78. The molecule has 0 aromatic heterocycles. The van der Waals surface area contributed by atoms with E-state index in [9.17, 15) is 13.2 Å². The zero-order valence-corrected chi connectivity index (χ0v) is 17.0. The summed E-state index contributed by atoms with van der Waals surface area (Å²) < 4.78 is 27.3. The molecule has 0 N–H and O–H groups in total. The Morgan fingerprint density at radius 2 is 1.75 bits per heavy atom. The predicted molar refractivity (Wildman–Crippen MR) is 110 cm³/mol. The van der Waals surface area contributed by atoms with E-state index < -0.39 is 10.0 Å². The number of anilines is 1. The van der Waals surface area contributed by atoms with Crippen LogP contribution in [0.5, 0.6) is 0 Å². The number of nitrogens with zero attached hydrogens (tertiary/aromatic N) is 2. The summed E-state index contributed by atoms with van der Waals surface area (Å²) in [7, 11) is -3.43. The zero-order valence-electron chi connectivity index (χ0n) is 16.2. The number of amides is 1. The Kier molecular flexibility index (Phi) is 5.25. The quantitative estimate of drug-likeness (QED) is 0.794. The fraction of sp³-hybridized carbons (Fsp3) is 0.409. The molecule has 1 saturated heterocycles. The summed E-state index contributed by atoms with van der Waals surface area (Å²) >= 11 is 0. The van der Waals surface area contributed by atoms with E-state index in [4.69, 9.17) is 0 Å². The van der Waals surface area contributed by atoms with Crippen molar-refractivity contribution >= 4 is 21.6 Å². The number of hydrogen-bond acceptors (Lipinski definition) is 3. The molecular weight excluding hydrogens is 372 g/mol. The second-order valence-electron chi connectivity index (χ2n) is 7.65. The number of rotatable bonds is 4. The molecule has 0 radical (unpaired) electrons. The molecule has 0 unspecified atom stereocenters. The predicted octanol–water partition coefficient (Wildman–Crippen LogP) is 3.30. The van der Waals surface area contributed by atoms with Crippen molar-refractivity contribution in [3.63, 3.8) is 0 Å². The fourth-order valence-electron chi connectivity index (χ4n) is 4.14. The Balaban J connectivity index is 1.60. The van der Waals surface area contributed by atoms with Crippen LogP contribution in [0, 0.1) is 6.92 Å². The van der Waals surface area contributed by atoms with Gasteiger partial charge in [0, 0.05) is 25.3 Å². The average molecular weight is 399 g/mol. The van der Waals surface area contributed by atoms with Crippen LogP contribution in [0.15, 0.2) is 47.4 Å². The lowest BCUT2D eigenvalue weighted by Gasteiger charge is -2.30. The van der Waals surface area contributed by atoms with Crippen LogP contribution in [0.4, 0.5) is 5.69 Å². The van der Waals surface area contributed by atoms with E-state index in [0.29, 0.717) is 31.0 Å². The van der Waals surface area contributed by atoms with Gasteiger partial charge in [-0.25, -0.2) is 8.42 Å². The molecule has 1 amide bonds. The van der Waals surface area contributed by atoms with Gasteiger partial charge in [-0.1, -0.05) is 24.3 Å². The molecule has 0 atom stereocenters.